The van der Waals surface area contributed by atoms with E-state index in [0.29, 0.717) is 11.4 Å². The molecule has 4 rings (SSSR count). The van der Waals surface area contributed by atoms with E-state index in [-0.39, 0.29) is 34.5 Å². The highest BCUT2D eigenvalue weighted by Gasteiger charge is 2.21. The Morgan fingerprint density at radius 1 is 1.16 bits per heavy atom. The summed E-state index contributed by atoms with van der Waals surface area (Å²) in [7, 11) is 5.74. The van der Waals surface area contributed by atoms with Gasteiger partial charge in [-0.25, -0.2) is 23.7 Å². The Morgan fingerprint density at radius 3 is 2.65 bits per heavy atom. The quantitative estimate of drug-likeness (QED) is 0.365. The Hall–Kier alpha value is -3.50. The fraction of sp³-hybridized carbons (Fsp3) is 0.407. The van der Waals surface area contributed by atoms with Crippen LogP contribution in [0.2, 0.25) is 0 Å². The van der Waals surface area contributed by atoms with Crippen molar-refractivity contribution >= 4 is 23.2 Å². The van der Waals surface area contributed by atoms with E-state index in [1.54, 1.807) is 13.1 Å². The minimum atomic E-state index is -0.680. The van der Waals surface area contributed by atoms with Crippen LogP contribution in [0.25, 0.3) is 11.3 Å². The van der Waals surface area contributed by atoms with Crippen LogP contribution in [0.5, 0.6) is 0 Å². The summed E-state index contributed by atoms with van der Waals surface area (Å²) in [5.74, 6) is -0.670. The normalized spacial score (nSPS) is 13.6. The number of hydrogen-bond donors (Lipinski definition) is 3. The van der Waals surface area contributed by atoms with Gasteiger partial charge in [-0.15, -0.1) is 0 Å². The summed E-state index contributed by atoms with van der Waals surface area (Å²) >= 11 is 0. The SMILES string of the molecule is CNc1c(F)cc(-c2nc(Nc3ccc4c(n3)CCN(CCN(C)C)C4)ncc2F)cc1C(=N)C(C)C. The van der Waals surface area contributed by atoms with Gasteiger partial charge in [-0.3, -0.25) is 4.90 Å². The van der Waals surface area contributed by atoms with Crippen molar-refractivity contribution in [1.82, 2.24) is 24.8 Å². The van der Waals surface area contributed by atoms with Crippen molar-refractivity contribution < 1.29 is 8.78 Å². The number of likely N-dealkylation sites (N-methyl/N-ethyl adjacent to an activating group) is 1. The molecule has 37 heavy (non-hydrogen) atoms. The van der Waals surface area contributed by atoms with Gasteiger partial charge in [0.05, 0.1) is 11.9 Å². The number of nitrogens with one attached hydrogen (secondary N) is 3. The molecule has 0 saturated carbocycles. The zero-order valence-corrected chi connectivity index (χ0v) is 22.0. The Kier molecular flexibility index (Phi) is 8.09. The Bertz CT molecular complexity index is 1290. The second-order valence-corrected chi connectivity index (χ2v) is 9.85. The molecule has 1 aliphatic rings. The van der Waals surface area contributed by atoms with Crippen molar-refractivity contribution in [2.45, 2.75) is 26.8 Å². The van der Waals surface area contributed by atoms with Gasteiger partial charge in [-0.05, 0) is 43.8 Å². The van der Waals surface area contributed by atoms with Crippen LogP contribution in [0.15, 0.2) is 30.5 Å². The first-order chi connectivity index (χ1) is 17.7. The zero-order chi connectivity index (χ0) is 26.7. The molecular formula is C27H34F2N8. The minimum absolute atomic E-state index is 0.0497. The molecule has 1 aliphatic heterocycles. The average molecular weight is 509 g/mol. The fourth-order valence-electron chi connectivity index (χ4n) is 4.34. The lowest BCUT2D eigenvalue weighted by Crippen LogP contribution is -2.36. The number of anilines is 3. The number of pyridine rings is 1. The summed E-state index contributed by atoms with van der Waals surface area (Å²) in [6.07, 6.45) is 1.90. The summed E-state index contributed by atoms with van der Waals surface area (Å²) in [4.78, 5) is 17.7. The number of rotatable bonds is 9. The second kappa shape index (κ2) is 11.3. The van der Waals surface area contributed by atoms with E-state index < -0.39 is 11.6 Å². The molecule has 2 aromatic heterocycles. The van der Waals surface area contributed by atoms with E-state index in [1.165, 1.54) is 11.6 Å². The zero-order valence-electron chi connectivity index (χ0n) is 22.0. The number of halogens is 2. The molecule has 0 amide bonds. The maximum absolute atomic E-state index is 14.9. The van der Waals surface area contributed by atoms with Crippen LogP contribution in [0, 0.1) is 23.0 Å². The molecule has 1 aromatic carbocycles. The van der Waals surface area contributed by atoms with Crippen LogP contribution in [0.3, 0.4) is 0 Å². The third-order valence-corrected chi connectivity index (χ3v) is 6.46. The monoisotopic (exact) mass is 508 g/mol. The molecule has 0 bridgehead atoms. The molecule has 196 valence electrons. The van der Waals surface area contributed by atoms with Gasteiger partial charge in [0.2, 0.25) is 5.95 Å². The average Bonchev–Trinajstić information content (AvgIpc) is 2.87. The first-order valence-corrected chi connectivity index (χ1v) is 12.4. The number of nitrogens with zero attached hydrogens (tertiary/aromatic N) is 5. The van der Waals surface area contributed by atoms with Crippen molar-refractivity contribution in [2.75, 3.05) is 51.4 Å². The molecule has 3 heterocycles. The molecule has 10 heteroatoms. The molecule has 0 atom stereocenters. The van der Waals surface area contributed by atoms with E-state index in [1.807, 2.05) is 26.0 Å². The highest BCUT2D eigenvalue weighted by Crippen LogP contribution is 2.31. The van der Waals surface area contributed by atoms with E-state index in [2.05, 4.69) is 44.5 Å². The maximum Gasteiger partial charge on any atom is 0.229 e. The highest BCUT2D eigenvalue weighted by atomic mass is 19.1. The largest absolute Gasteiger partial charge is 0.385 e. The Balaban J connectivity index is 1.58. The van der Waals surface area contributed by atoms with Crippen molar-refractivity contribution in [3.8, 4) is 11.3 Å². The molecule has 3 N–H and O–H groups in total. The molecule has 0 radical (unpaired) electrons. The van der Waals surface area contributed by atoms with Gasteiger partial charge in [-0.1, -0.05) is 19.9 Å². The molecule has 3 aromatic rings. The number of benzene rings is 1. The molecule has 0 aliphatic carbocycles. The fourth-order valence-corrected chi connectivity index (χ4v) is 4.34. The molecule has 0 fully saturated rings. The van der Waals surface area contributed by atoms with Gasteiger partial charge in [0.1, 0.15) is 17.3 Å². The van der Waals surface area contributed by atoms with Crippen molar-refractivity contribution in [3.63, 3.8) is 0 Å². The third kappa shape index (κ3) is 6.08. The van der Waals surface area contributed by atoms with Crippen LogP contribution in [-0.2, 0) is 13.0 Å². The summed E-state index contributed by atoms with van der Waals surface area (Å²) in [5, 5.41) is 14.3. The standard InChI is InChI=1S/C27H34F2N8/c1-16(2)24(30)19-12-18(13-20(28)26(19)31-3)25-21(29)14-32-27(35-25)34-23-7-6-17-15-37(11-10-36(4)5)9-8-22(17)33-23/h6-7,12-14,16,30-31H,8-11,15H2,1-5H3,(H,32,33,34,35). The van der Waals surface area contributed by atoms with Gasteiger partial charge < -0.3 is 20.9 Å². The number of fused-ring (bicyclic) bond motifs is 1. The van der Waals surface area contributed by atoms with Gasteiger partial charge >= 0.3 is 0 Å². The van der Waals surface area contributed by atoms with E-state index in [0.717, 1.165) is 44.5 Å². The van der Waals surface area contributed by atoms with E-state index >= 15 is 0 Å². The summed E-state index contributed by atoms with van der Waals surface area (Å²) in [5.41, 5.74) is 3.22. The highest BCUT2D eigenvalue weighted by molar-refractivity contribution is 6.05. The van der Waals surface area contributed by atoms with Crippen molar-refractivity contribution in [3.05, 3.63) is 58.9 Å². The summed E-state index contributed by atoms with van der Waals surface area (Å²) in [6, 6.07) is 6.72. The lowest BCUT2D eigenvalue weighted by molar-refractivity contribution is 0.224. The van der Waals surface area contributed by atoms with Gasteiger partial charge in [0, 0.05) is 62.2 Å². The van der Waals surface area contributed by atoms with Crippen LogP contribution in [0.4, 0.5) is 26.2 Å². The summed E-state index contributed by atoms with van der Waals surface area (Å²) < 4.78 is 29.7. The van der Waals surface area contributed by atoms with Crippen LogP contribution >= 0.6 is 0 Å². The first-order valence-electron chi connectivity index (χ1n) is 12.4. The Labute approximate surface area is 216 Å². The predicted molar refractivity (Wildman–Crippen MR) is 144 cm³/mol. The maximum atomic E-state index is 14.9. The van der Waals surface area contributed by atoms with Crippen LogP contribution in [0.1, 0.15) is 30.7 Å². The van der Waals surface area contributed by atoms with Crippen molar-refractivity contribution in [2.24, 2.45) is 5.92 Å². The van der Waals surface area contributed by atoms with Crippen LogP contribution in [-0.4, -0.2) is 71.2 Å². The van der Waals surface area contributed by atoms with Gasteiger partial charge in [-0.2, -0.15) is 0 Å². The lowest BCUT2D eigenvalue weighted by Gasteiger charge is -2.29. The second-order valence-electron chi connectivity index (χ2n) is 9.85. The number of hydrogen-bond acceptors (Lipinski definition) is 8. The topological polar surface area (TPSA) is 93.1 Å². The molecule has 0 unspecified atom stereocenters. The molecule has 0 spiro atoms. The van der Waals surface area contributed by atoms with Gasteiger partial charge in [0.25, 0.3) is 0 Å². The predicted octanol–water partition coefficient (Wildman–Crippen LogP) is 4.55. The van der Waals surface area contributed by atoms with Crippen molar-refractivity contribution in [1.29, 1.82) is 5.41 Å². The molecule has 8 nitrogen and oxygen atoms in total. The minimum Gasteiger partial charge on any atom is -0.385 e. The molecular weight excluding hydrogens is 474 g/mol. The van der Waals surface area contributed by atoms with E-state index in [4.69, 9.17) is 10.4 Å². The lowest BCUT2D eigenvalue weighted by atomic mass is 9.95. The first kappa shape index (κ1) is 26.6. The van der Waals surface area contributed by atoms with Gasteiger partial charge in [0.15, 0.2) is 5.82 Å². The van der Waals surface area contributed by atoms with Crippen LogP contribution < -0.4 is 10.6 Å². The summed E-state index contributed by atoms with van der Waals surface area (Å²) in [6.45, 7) is 7.52. The third-order valence-electron chi connectivity index (χ3n) is 6.46. The Morgan fingerprint density at radius 2 is 1.95 bits per heavy atom. The molecule has 0 saturated heterocycles. The van der Waals surface area contributed by atoms with E-state index in [9.17, 15) is 8.78 Å². The number of aromatic nitrogens is 3. The smallest absolute Gasteiger partial charge is 0.229 e.